The van der Waals surface area contributed by atoms with Crippen molar-refractivity contribution < 1.29 is 4.52 Å². The number of hydrogen-bond acceptors (Lipinski definition) is 1. The average molecular weight is 157 g/mol. The molecule has 3 rings (SSSR count). The molecule has 1 aromatic rings. The van der Waals surface area contributed by atoms with Gasteiger partial charge in [-0.2, -0.15) is 0 Å². The normalized spacial score (nSPS) is 11.3. The fourth-order valence-corrected chi connectivity index (χ4v) is 1.60. The van der Waals surface area contributed by atoms with Gasteiger partial charge in [0.15, 0.2) is 0 Å². The van der Waals surface area contributed by atoms with E-state index in [2.05, 4.69) is 23.4 Å². The Morgan fingerprint density at radius 1 is 1.17 bits per heavy atom. The summed E-state index contributed by atoms with van der Waals surface area (Å²) in [6.45, 7) is 0. The second-order valence-corrected chi connectivity index (χ2v) is 2.90. The Morgan fingerprint density at radius 3 is 3.08 bits per heavy atom. The van der Waals surface area contributed by atoms with Crippen LogP contribution in [0.2, 0.25) is 0 Å². The number of H-pyrrole nitrogens is 1. The molecule has 0 fully saturated rings. The number of rotatable bonds is 0. The molecule has 1 N–H and O–H groups in total. The summed E-state index contributed by atoms with van der Waals surface area (Å²) < 4.78 is 4.99. The van der Waals surface area contributed by atoms with Gasteiger partial charge in [-0.3, -0.25) is 0 Å². The second-order valence-electron chi connectivity index (χ2n) is 2.90. The van der Waals surface area contributed by atoms with Crippen molar-refractivity contribution in [3.05, 3.63) is 36.6 Å². The van der Waals surface area contributed by atoms with Crippen molar-refractivity contribution in [3.8, 4) is 11.3 Å². The summed E-state index contributed by atoms with van der Waals surface area (Å²) in [5.41, 5.74) is 2.22. The van der Waals surface area contributed by atoms with Gasteiger partial charge in [0.05, 0.1) is 5.69 Å². The zero-order valence-electron chi connectivity index (χ0n) is 6.37. The largest absolute Gasteiger partial charge is 0.389 e. The zero-order valence-corrected chi connectivity index (χ0v) is 6.37. The molecule has 12 heavy (non-hydrogen) atoms. The molecule has 1 aromatic carbocycles. The molecule has 1 heterocycles. The summed E-state index contributed by atoms with van der Waals surface area (Å²) in [4.78, 5) is 0. The van der Waals surface area contributed by atoms with Crippen LogP contribution in [0.5, 0.6) is 0 Å². The topological polar surface area (TPSA) is 28.9 Å². The highest BCUT2D eigenvalue weighted by atomic mass is 16.5. The van der Waals surface area contributed by atoms with Crippen LogP contribution in [0.4, 0.5) is 0 Å². The Bertz CT molecular complexity index is 491. The Kier molecular flexibility index (Phi) is 0.939. The number of nitrogens with one attached hydrogen (secondary N) is 1. The summed E-state index contributed by atoms with van der Waals surface area (Å²) in [7, 11) is 0. The van der Waals surface area contributed by atoms with Gasteiger partial charge in [-0.25, -0.2) is 5.16 Å². The Labute approximate surface area is 69.1 Å². The SMILES string of the molecule is c1ccc2c3[nH]occ-3cc2c1. The predicted octanol–water partition coefficient (Wildman–Crippen LogP) is 2.87. The smallest absolute Gasteiger partial charge is 0.128 e. The third kappa shape index (κ3) is 0.593. The quantitative estimate of drug-likeness (QED) is 0.534. The van der Waals surface area contributed by atoms with Crippen molar-refractivity contribution in [2.75, 3.05) is 0 Å². The molecule has 0 unspecified atom stereocenters. The molecule has 2 nitrogen and oxygen atoms in total. The van der Waals surface area contributed by atoms with Crippen molar-refractivity contribution >= 4 is 10.8 Å². The zero-order chi connectivity index (χ0) is 7.97. The first kappa shape index (κ1) is 5.89. The van der Waals surface area contributed by atoms with Crippen LogP contribution in [0.25, 0.3) is 22.0 Å². The molecule has 0 aromatic heterocycles. The third-order valence-electron chi connectivity index (χ3n) is 2.18. The van der Waals surface area contributed by atoms with Gasteiger partial charge in [-0.15, -0.1) is 0 Å². The second kappa shape index (κ2) is 1.91. The van der Waals surface area contributed by atoms with Crippen LogP contribution in [0.15, 0.2) is 41.1 Å². The highest BCUT2D eigenvalue weighted by molar-refractivity contribution is 6.00. The van der Waals surface area contributed by atoms with E-state index in [1.54, 1.807) is 6.26 Å². The molecule has 2 heteroatoms. The number of fused-ring (bicyclic) bond motifs is 3. The molecule has 0 saturated heterocycles. The summed E-state index contributed by atoms with van der Waals surface area (Å²) in [6.07, 6.45) is 1.73. The summed E-state index contributed by atoms with van der Waals surface area (Å²) in [5, 5.41) is 5.35. The average Bonchev–Trinajstić information content (AvgIpc) is 2.62. The standard InChI is InChI=1S/C10H7NO/c1-2-4-9-7(3-1)5-8-6-12-11-10(8)9/h1-6,11H. The Balaban J connectivity index is 2.59. The highest BCUT2D eigenvalue weighted by Gasteiger charge is 2.10. The Morgan fingerprint density at radius 2 is 2.08 bits per heavy atom. The molecule has 1 aliphatic carbocycles. The van der Waals surface area contributed by atoms with E-state index in [9.17, 15) is 0 Å². The lowest BCUT2D eigenvalue weighted by atomic mass is 10.2. The van der Waals surface area contributed by atoms with Gasteiger partial charge in [0, 0.05) is 10.9 Å². The molecule has 0 saturated carbocycles. The Hall–Kier alpha value is -1.70. The maximum atomic E-state index is 4.99. The molecule has 0 amide bonds. The molecule has 0 atom stereocenters. The van der Waals surface area contributed by atoms with Crippen LogP contribution >= 0.6 is 0 Å². The first-order chi connectivity index (χ1) is 5.95. The van der Waals surface area contributed by atoms with Gasteiger partial charge in [0.25, 0.3) is 0 Å². The summed E-state index contributed by atoms with van der Waals surface area (Å²) >= 11 is 0. The maximum Gasteiger partial charge on any atom is 0.128 e. The van der Waals surface area contributed by atoms with E-state index in [1.165, 1.54) is 10.8 Å². The minimum atomic E-state index is 1.09. The fraction of sp³-hybridized carbons (Fsp3) is 0. The van der Waals surface area contributed by atoms with Crippen molar-refractivity contribution in [2.24, 2.45) is 0 Å². The fourth-order valence-electron chi connectivity index (χ4n) is 1.60. The third-order valence-corrected chi connectivity index (χ3v) is 2.18. The minimum absolute atomic E-state index is 1.09. The van der Waals surface area contributed by atoms with Crippen LogP contribution in [0.1, 0.15) is 0 Å². The van der Waals surface area contributed by atoms with Crippen LogP contribution < -0.4 is 0 Å². The molecule has 58 valence electrons. The van der Waals surface area contributed by atoms with E-state index < -0.39 is 0 Å². The lowest BCUT2D eigenvalue weighted by Gasteiger charge is -1.87. The molecule has 0 bridgehead atoms. The lowest BCUT2D eigenvalue weighted by Crippen LogP contribution is -1.67. The molecule has 0 spiro atoms. The van der Waals surface area contributed by atoms with Gasteiger partial charge < -0.3 is 4.52 Å². The molecular formula is C10H7NO. The van der Waals surface area contributed by atoms with Gasteiger partial charge in [0.1, 0.15) is 6.26 Å². The first-order valence-corrected chi connectivity index (χ1v) is 3.88. The molecule has 0 radical (unpaired) electrons. The first-order valence-electron chi connectivity index (χ1n) is 3.88. The van der Waals surface area contributed by atoms with E-state index in [0.717, 1.165) is 11.3 Å². The van der Waals surface area contributed by atoms with Crippen LogP contribution in [0.3, 0.4) is 0 Å². The van der Waals surface area contributed by atoms with Crippen molar-refractivity contribution in [3.63, 3.8) is 0 Å². The van der Waals surface area contributed by atoms with Crippen molar-refractivity contribution in [1.29, 1.82) is 0 Å². The van der Waals surface area contributed by atoms with Gasteiger partial charge in [-0.1, -0.05) is 24.3 Å². The number of aromatic nitrogens is 1. The van der Waals surface area contributed by atoms with Crippen molar-refractivity contribution in [2.45, 2.75) is 0 Å². The van der Waals surface area contributed by atoms with Crippen LogP contribution in [0, 0.1) is 0 Å². The number of benzene rings is 1. The summed E-state index contributed by atoms with van der Waals surface area (Å²) in [6, 6.07) is 10.4. The lowest BCUT2D eigenvalue weighted by molar-refractivity contribution is 0.425. The predicted molar refractivity (Wildman–Crippen MR) is 47.2 cm³/mol. The number of hydrogen-bond donors (Lipinski definition) is 1. The maximum absolute atomic E-state index is 4.99. The van der Waals surface area contributed by atoms with Gasteiger partial charge in [-0.05, 0) is 11.5 Å². The van der Waals surface area contributed by atoms with E-state index >= 15 is 0 Å². The van der Waals surface area contributed by atoms with Gasteiger partial charge in [0.2, 0.25) is 0 Å². The van der Waals surface area contributed by atoms with E-state index in [-0.39, 0.29) is 0 Å². The van der Waals surface area contributed by atoms with Gasteiger partial charge >= 0.3 is 0 Å². The highest BCUT2D eigenvalue weighted by Crippen LogP contribution is 2.32. The molecular weight excluding hydrogens is 150 g/mol. The monoisotopic (exact) mass is 157 g/mol. The minimum Gasteiger partial charge on any atom is -0.389 e. The van der Waals surface area contributed by atoms with Crippen molar-refractivity contribution in [1.82, 2.24) is 5.16 Å². The van der Waals surface area contributed by atoms with E-state index in [1.807, 2.05) is 12.1 Å². The molecule has 1 aliphatic heterocycles. The molecule has 2 aliphatic rings. The van der Waals surface area contributed by atoms with Crippen LogP contribution in [-0.2, 0) is 0 Å². The number of aromatic amines is 1. The van der Waals surface area contributed by atoms with E-state index in [4.69, 9.17) is 4.52 Å². The van der Waals surface area contributed by atoms with Crippen LogP contribution in [-0.4, -0.2) is 5.16 Å². The van der Waals surface area contributed by atoms with E-state index in [0.29, 0.717) is 0 Å². The summed E-state index contributed by atoms with van der Waals surface area (Å²) in [5.74, 6) is 0.